The SMILES string of the molecule is O=C(Nc1ccc(Cl)cc1)c1nnc(-c2ccccc2F)o1. The third kappa shape index (κ3) is 2.96. The predicted octanol–water partition coefficient (Wildman–Crippen LogP) is 3.78. The first-order chi connectivity index (χ1) is 10.6. The van der Waals surface area contributed by atoms with Gasteiger partial charge in [0.2, 0.25) is 0 Å². The van der Waals surface area contributed by atoms with Gasteiger partial charge in [0.15, 0.2) is 0 Å². The van der Waals surface area contributed by atoms with E-state index in [-0.39, 0.29) is 17.3 Å². The summed E-state index contributed by atoms with van der Waals surface area (Å²) in [6, 6.07) is 12.5. The van der Waals surface area contributed by atoms with E-state index in [4.69, 9.17) is 16.0 Å². The number of nitrogens with one attached hydrogen (secondary N) is 1. The van der Waals surface area contributed by atoms with Crippen molar-refractivity contribution in [1.29, 1.82) is 0 Å². The molecular weight excluding hydrogens is 309 g/mol. The number of benzene rings is 2. The monoisotopic (exact) mass is 317 g/mol. The molecule has 1 N–H and O–H groups in total. The molecule has 0 unspecified atom stereocenters. The Labute approximate surface area is 129 Å². The molecule has 0 radical (unpaired) electrons. The Hall–Kier alpha value is -2.73. The Morgan fingerprint density at radius 1 is 1.09 bits per heavy atom. The molecule has 7 heteroatoms. The summed E-state index contributed by atoms with van der Waals surface area (Å²) in [7, 11) is 0. The van der Waals surface area contributed by atoms with E-state index in [1.807, 2.05) is 0 Å². The maximum atomic E-state index is 13.6. The highest BCUT2D eigenvalue weighted by atomic mass is 35.5. The number of amides is 1. The van der Waals surface area contributed by atoms with Crippen molar-refractivity contribution in [1.82, 2.24) is 10.2 Å². The smallest absolute Gasteiger partial charge is 0.313 e. The largest absolute Gasteiger partial charge is 0.412 e. The molecule has 0 aliphatic rings. The first kappa shape index (κ1) is 14.2. The molecule has 0 spiro atoms. The van der Waals surface area contributed by atoms with Crippen LogP contribution in [-0.2, 0) is 0 Å². The van der Waals surface area contributed by atoms with Crippen molar-refractivity contribution in [3.63, 3.8) is 0 Å². The van der Waals surface area contributed by atoms with Crippen molar-refractivity contribution in [3.8, 4) is 11.5 Å². The molecule has 1 amide bonds. The number of aromatic nitrogens is 2. The van der Waals surface area contributed by atoms with Crippen LogP contribution < -0.4 is 5.32 Å². The van der Waals surface area contributed by atoms with Gasteiger partial charge >= 0.3 is 11.8 Å². The van der Waals surface area contributed by atoms with Gasteiger partial charge in [0.05, 0.1) is 5.56 Å². The second-order valence-electron chi connectivity index (χ2n) is 4.35. The minimum Gasteiger partial charge on any atom is -0.412 e. The van der Waals surface area contributed by atoms with Crippen molar-refractivity contribution < 1.29 is 13.6 Å². The van der Waals surface area contributed by atoms with E-state index in [0.29, 0.717) is 10.7 Å². The number of carbonyl (C=O) groups is 1. The Kier molecular flexibility index (Phi) is 3.84. The van der Waals surface area contributed by atoms with Crippen LogP contribution in [0, 0.1) is 5.82 Å². The fourth-order valence-corrected chi connectivity index (χ4v) is 1.90. The molecule has 1 aromatic heterocycles. The van der Waals surface area contributed by atoms with Crippen LogP contribution in [-0.4, -0.2) is 16.1 Å². The number of rotatable bonds is 3. The Morgan fingerprint density at radius 3 is 2.55 bits per heavy atom. The molecule has 0 saturated heterocycles. The van der Waals surface area contributed by atoms with Crippen molar-refractivity contribution >= 4 is 23.2 Å². The number of anilines is 1. The molecule has 3 aromatic rings. The lowest BCUT2D eigenvalue weighted by atomic mass is 10.2. The number of carbonyl (C=O) groups excluding carboxylic acids is 1. The van der Waals surface area contributed by atoms with Crippen molar-refractivity contribution in [2.75, 3.05) is 5.32 Å². The van der Waals surface area contributed by atoms with E-state index in [9.17, 15) is 9.18 Å². The van der Waals surface area contributed by atoms with Gasteiger partial charge in [0.25, 0.3) is 5.89 Å². The summed E-state index contributed by atoms with van der Waals surface area (Å²) in [4.78, 5) is 12.0. The molecule has 1 heterocycles. The van der Waals surface area contributed by atoms with Crippen LogP contribution in [0.3, 0.4) is 0 Å². The quantitative estimate of drug-likeness (QED) is 0.798. The lowest BCUT2D eigenvalue weighted by Gasteiger charge is -2.01. The Bertz CT molecular complexity index is 818. The van der Waals surface area contributed by atoms with Crippen LogP contribution in [0.2, 0.25) is 5.02 Å². The normalized spacial score (nSPS) is 10.5. The number of nitrogens with zero attached hydrogens (tertiary/aromatic N) is 2. The standard InChI is InChI=1S/C15H9ClFN3O2/c16-9-5-7-10(8-6-9)18-13(21)15-20-19-14(22-15)11-3-1-2-4-12(11)17/h1-8H,(H,18,21). The summed E-state index contributed by atoms with van der Waals surface area (Å²) in [6.45, 7) is 0. The first-order valence-electron chi connectivity index (χ1n) is 6.29. The Balaban J connectivity index is 1.80. The second-order valence-corrected chi connectivity index (χ2v) is 4.79. The molecule has 0 aliphatic heterocycles. The zero-order valence-electron chi connectivity index (χ0n) is 11.1. The molecule has 0 saturated carbocycles. The maximum Gasteiger partial charge on any atom is 0.313 e. The third-order valence-electron chi connectivity index (χ3n) is 2.83. The van der Waals surface area contributed by atoms with Gasteiger partial charge in [-0.2, -0.15) is 0 Å². The summed E-state index contributed by atoms with van der Waals surface area (Å²) in [5, 5.41) is 10.4. The van der Waals surface area contributed by atoms with Gasteiger partial charge in [-0.3, -0.25) is 4.79 Å². The van der Waals surface area contributed by atoms with Crippen molar-refractivity contribution in [2.45, 2.75) is 0 Å². The number of hydrogen-bond donors (Lipinski definition) is 1. The molecule has 0 fully saturated rings. The highest BCUT2D eigenvalue weighted by Gasteiger charge is 2.17. The summed E-state index contributed by atoms with van der Waals surface area (Å²) in [5.74, 6) is -1.40. The predicted molar refractivity (Wildman–Crippen MR) is 79.1 cm³/mol. The summed E-state index contributed by atoms with van der Waals surface area (Å²) >= 11 is 5.76. The van der Waals surface area contributed by atoms with E-state index in [2.05, 4.69) is 15.5 Å². The fraction of sp³-hybridized carbons (Fsp3) is 0. The maximum absolute atomic E-state index is 13.6. The van der Waals surface area contributed by atoms with Gasteiger partial charge in [-0.15, -0.1) is 10.2 Å². The van der Waals surface area contributed by atoms with E-state index in [1.165, 1.54) is 12.1 Å². The van der Waals surface area contributed by atoms with Crippen LogP contribution >= 0.6 is 11.6 Å². The van der Waals surface area contributed by atoms with Gasteiger partial charge in [-0.05, 0) is 36.4 Å². The van der Waals surface area contributed by atoms with E-state index >= 15 is 0 Å². The van der Waals surface area contributed by atoms with Crippen LogP contribution in [0.5, 0.6) is 0 Å². The zero-order chi connectivity index (χ0) is 15.5. The molecule has 0 atom stereocenters. The zero-order valence-corrected chi connectivity index (χ0v) is 11.8. The summed E-state index contributed by atoms with van der Waals surface area (Å²) in [5.41, 5.74) is 0.667. The highest BCUT2D eigenvalue weighted by molar-refractivity contribution is 6.30. The van der Waals surface area contributed by atoms with E-state index in [0.717, 1.165) is 0 Å². The van der Waals surface area contributed by atoms with Crippen LogP contribution in [0.1, 0.15) is 10.7 Å². The summed E-state index contributed by atoms with van der Waals surface area (Å²) in [6.07, 6.45) is 0. The minimum atomic E-state index is -0.586. The lowest BCUT2D eigenvalue weighted by molar-refractivity contribution is 0.0991. The van der Waals surface area contributed by atoms with Crippen LogP contribution in [0.15, 0.2) is 52.9 Å². The molecule has 22 heavy (non-hydrogen) atoms. The van der Waals surface area contributed by atoms with Crippen LogP contribution in [0.4, 0.5) is 10.1 Å². The average Bonchev–Trinajstić information content (AvgIpc) is 3.00. The molecule has 5 nitrogen and oxygen atoms in total. The summed E-state index contributed by atoms with van der Waals surface area (Å²) < 4.78 is 18.8. The van der Waals surface area contributed by atoms with E-state index in [1.54, 1.807) is 36.4 Å². The van der Waals surface area contributed by atoms with Gasteiger partial charge < -0.3 is 9.73 Å². The van der Waals surface area contributed by atoms with Crippen LogP contribution in [0.25, 0.3) is 11.5 Å². The van der Waals surface area contributed by atoms with Gasteiger partial charge in [-0.25, -0.2) is 4.39 Å². The highest BCUT2D eigenvalue weighted by Crippen LogP contribution is 2.21. The number of hydrogen-bond acceptors (Lipinski definition) is 4. The van der Waals surface area contributed by atoms with Crippen molar-refractivity contribution in [2.24, 2.45) is 0 Å². The molecule has 0 bridgehead atoms. The minimum absolute atomic E-state index is 0.0562. The molecule has 110 valence electrons. The average molecular weight is 318 g/mol. The molecular formula is C15H9ClFN3O2. The molecule has 0 aliphatic carbocycles. The molecule has 3 rings (SSSR count). The lowest BCUT2D eigenvalue weighted by Crippen LogP contribution is -2.12. The first-order valence-corrected chi connectivity index (χ1v) is 6.66. The van der Waals surface area contributed by atoms with E-state index < -0.39 is 11.7 Å². The third-order valence-corrected chi connectivity index (χ3v) is 3.08. The van der Waals surface area contributed by atoms with Gasteiger partial charge in [0.1, 0.15) is 5.82 Å². The number of halogens is 2. The van der Waals surface area contributed by atoms with Crippen molar-refractivity contribution in [3.05, 3.63) is 65.3 Å². The second kappa shape index (κ2) is 5.95. The van der Waals surface area contributed by atoms with Gasteiger partial charge in [0, 0.05) is 10.7 Å². The molecule has 2 aromatic carbocycles. The van der Waals surface area contributed by atoms with Gasteiger partial charge in [-0.1, -0.05) is 23.7 Å². The fourth-order valence-electron chi connectivity index (χ4n) is 1.78. The topological polar surface area (TPSA) is 68.0 Å². The Morgan fingerprint density at radius 2 is 1.82 bits per heavy atom.